The largest absolute Gasteiger partial charge is 0.534 e. The smallest absolute Gasteiger partial charge is 0.405 e. The lowest BCUT2D eigenvalue weighted by Gasteiger charge is -2.32. The third kappa shape index (κ3) is 11.2. The van der Waals surface area contributed by atoms with E-state index in [0.29, 0.717) is 33.8 Å². The molecule has 4 aromatic carbocycles. The molecule has 3 saturated heterocycles. The molecule has 12 nitrogen and oxygen atoms in total. The predicted octanol–water partition coefficient (Wildman–Crippen LogP) is 8.27. The van der Waals surface area contributed by atoms with Crippen molar-refractivity contribution in [3.8, 4) is 45.6 Å². The maximum Gasteiger partial charge on any atom is 0.534 e. The summed E-state index contributed by atoms with van der Waals surface area (Å²) in [4.78, 5) is 27.2. The Hall–Kier alpha value is -4.60. The molecule has 0 spiro atoms. The van der Waals surface area contributed by atoms with Gasteiger partial charge < -0.3 is 27.9 Å². The zero-order valence-corrected chi connectivity index (χ0v) is 40.4. The van der Waals surface area contributed by atoms with E-state index in [2.05, 4.69) is 45.8 Å². The lowest BCUT2D eigenvalue weighted by molar-refractivity contribution is 0.00578. The summed E-state index contributed by atoms with van der Waals surface area (Å²) in [5.74, 6) is 2.55. The van der Waals surface area contributed by atoms with Gasteiger partial charge in [0.2, 0.25) is 4.73 Å². The van der Waals surface area contributed by atoms with Crippen LogP contribution in [0.4, 0.5) is 0 Å². The van der Waals surface area contributed by atoms with E-state index in [4.69, 9.17) is 27.9 Å². The lowest BCUT2D eigenvalue weighted by atomic mass is 9.49. The highest BCUT2D eigenvalue weighted by atomic mass is 79.9. The van der Waals surface area contributed by atoms with Crippen LogP contribution in [0.1, 0.15) is 83.1 Å². The summed E-state index contributed by atoms with van der Waals surface area (Å²) < 4.78 is 36.7. The Balaban J connectivity index is 0.000000165. The Kier molecular flexibility index (Phi) is 14.8. The molecule has 17 heteroatoms. The number of aromatic nitrogens is 6. The summed E-state index contributed by atoms with van der Waals surface area (Å²) in [6.07, 6.45) is 0. The molecule has 5 heterocycles. The standard InChI is InChI=1S/C21H22BN3O2.C15H10BrN3.C12H24B2O4.BH4/c1-20(2)21(3,4)27-22(26-20)19-24-17(15-11-7-5-8-12-15)23-18(25-19)16-13-9-6-10-14-16;16-15-18-13(11-7-3-1-4-8-11)17-14(19-15)12-9-5-2-6-10-12;1-9(2)10(3,4)16-13(15-9)14-17-11(5,6)12(7,8)18-14;/h5-14H,1-4H3;1-10H;1-8H3;1H4/q;;;-1. The zero-order valence-electron chi connectivity index (χ0n) is 38.8. The van der Waals surface area contributed by atoms with Crippen molar-refractivity contribution in [1.82, 2.24) is 29.9 Å². The number of halogens is 1. The fourth-order valence-corrected chi connectivity index (χ4v) is 7.00. The van der Waals surface area contributed by atoms with Gasteiger partial charge in [0.25, 0.3) is 0 Å². The molecule has 9 rings (SSSR count). The van der Waals surface area contributed by atoms with Gasteiger partial charge in [0.15, 0.2) is 29.0 Å². The fourth-order valence-electron chi connectivity index (χ4n) is 6.66. The molecule has 338 valence electrons. The van der Waals surface area contributed by atoms with Gasteiger partial charge in [-0.1, -0.05) is 130 Å². The Labute approximate surface area is 395 Å². The summed E-state index contributed by atoms with van der Waals surface area (Å²) >= 11 is 3.35. The minimum atomic E-state index is -0.636. The van der Waals surface area contributed by atoms with Gasteiger partial charge in [0.05, 0.1) is 33.6 Å². The second-order valence-corrected chi connectivity index (χ2v) is 19.6. The maximum absolute atomic E-state index is 6.16. The normalized spacial score (nSPS) is 19.3. The number of nitrogens with zero attached hydrogens (tertiary/aromatic N) is 6. The summed E-state index contributed by atoms with van der Waals surface area (Å²) in [6, 6.07) is 39.5. The molecule has 0 N–H and O–H groups in total. The van der Waals surface area contributed by atoms with E-state index in [1.165, 1.54) is 0 Å². The maximum atomic E-state index is 6.16. The molecule has 0 saturated carbocycles. The van der Waals surface area contributed by atoms with Crippen LogP contribution in [0.3, 0.4) is 0 Å². The van der Waals surface area contributed by atoms with Crippen LogP contribution in [0.5, 0.6) is 0 Å². The van der Waals surface area contributed by atoms with E-state index >= 15 is 0 Å². The first kappa shape index (κ1) is 49.8. The van der Waals surface area contributed by atoms with E-state index in [-0.39, 0.29) is 30.8 Å². The molecule has 65 heavy (non-hydrogen) atoms. The van der Waals surface area contributed by atoms with Gasteiger partial charge >= 0.3 is 21.1 Å². The number of hydrogen-bond donors (Lipinski definition) is 0. The highest BCUT2D eigenvalue weighted by Gasteiger charge is 2.63. The summed E-state index contributed by atoms with van der Waals surface area (Å²) in [6.45, 7) is 24.3. The molecular weight excluding hydrogens is 880 g/mol. The minimum Gasteiger partial charge on any atom is -0.405 e. The third-order valence-corrected chi connectivity index (χ3v) is 13.0. The minimum absolute atomic E-state index is 0. The number of rotatable bonds is 6. The summed E-state index contributed by atoms with van der Waals surface area (Å²) in [5.41, 5.74) is 1.94. The number of benzene rings is 4. The van der Waals surface area contributed by atoms with Crippen LogP contribution >= 0.6 is 15.9 Å². The van der Waals surface area contributed by atoms with Gasteiger partial charge in [-0.3, -0.25) is 0 Å². The van der Waals surface area contributed by atoms with Gasteiger partial charge in [0, 0.05) is 22.3 Å². The first-order valence-corrected chi connectivity index (χ1v) is 22.3. The second kappa shape index (κ2) is 19.3. The zero-order chi connectivity index (χ0) is 46.1. The van der Waals surface area contributed by atoms with Crippen molar-refractivity contribution in [2.45, 2.75) is 117 Å². The monoisotopic (exact) mass is 939 g/mol. The van der Waals surface area contributed by atoms with Crippen molar-refractivity contribution in [2.24, 2.45) is 0 Å². The van der Waals surface area contributed by atoms with E-state index < -0.39 is 32.3 Å². The highest BCUT2D eigenvalue weighted by Crippen LogP contribution is 2.43. The Morgan fingerprint density at radius 3 is 0.831 bits per heavy atom. The van der Waals surface area contributed by atoms with Crippen LogP contribution in [-0.4, -0.2) is 93.1 Å². The van der Waals surface area contributed by atoms with Gasteiger partial charge in [0.1, 0.15) is 0 Å². The fraction of sp³-hybridized carbons (Fsp3) is 0.375. The first-order chi connectivity index (χ1) is 30.1. The Bertz CT molecular complexity index is 2330. The van der Waals surface area contributed by atoms with Crippen LogP contribution in [0.25, 0.3) is 45.6 Å². The topological polar surface area (TPSA) is 133 Å². The molecule has 0 unspecified atom stereocenters. The van der Waals surface area contributed by atoms with E-state index in [1.54, 1.807) is 0 Å². The average Bonchev–Trinajstić information content (AvgIpc) is 3.74. The molecule has 0 amide bonds. The molecule has 3 fully saturated rings. The highest BCUT2D eigenvalue weighted by molar-refractivity contribution is 9.10. The molecule has 3 aliphatic rings. The molecule has 2 aromatic heterocycles. The molecule has 0 radical (unpaired) electrons. The predicted molar refractivity (Wildman–Crippen MR) is 268 cm³/mol. The van der Waals surface area contributed by atoms with Gasteiger partial charge in [-0.05, 0) is 99.0 Å². The SMILES string of the molecule is Brc1nc(-c2ccccc2)nc(-c2ccccc2)n1.CC1(C)OB(B2OC(C)(C)C(C)(C)O2)OC1(C)C.CC1(C)OB(c2nc(-c3ccccc3)nc(-c3ccccc3)n2)OC1(C)C.[BH4-]. The second-order valence-electron chi connectivity index (χ2n) is 18.9. The molecule has 0 bridgehead atoms. The summed E-state index contributed by atoms with van der Waals surface area (Å²) in [7, 11) is -1.59. The van der Waals surface area contributed by atoms with Gasteiger partial charge in [-0.25, -0.2) is 29.9 Å². The van der Waals surface area contributed by atoms with E-state index in [0.717, 1.165) is 22.3 Å². The first-order valence-electron chi connectivity index (χ1n) is 21.5. The van der Waals surface area contributed by atoms with E-state index in [1.807, 2.05) is 204 Å². The quantitative estimate of drug-likeness (QED) is 0.149. The molecule has 3 aliphatic heterocycles. The van der Waals surface area contributed by atoms with Crippen LogP contribution in [0.15, 0.2) is 126 Å². The van der Waals surface area contributed by atoms with Crippen molar-refractivity contribution in [3.05, 3.63) is 126 Å². The lowest BCUT2D eigenvalue weighted by Crippen LogP contribution is -2.41. The van der Waals surface area contributed by atoms with Crippen LogP contribution in [-0.2, 0) is 27.9 Å². The molecule has 0 atom stereocenters. The van der Waals surface area contributed by atoms with Crippen molar-refractivity contribution in [2.75, 3.05) is 0 Å². The van der Waals surface area contributed by atoms with Crippen molar-refractivity contribution in [1.29, 1.82) is 0 Å². The molecular formula is C48H60B4BrN6O6-. The van der Waals surface area contributed by atoms with Crippen molar-refractivity contribution >= 4 is 51.2 Å². The van der Waals surface area contributed by atoms with Crippen LogP contribution in [0, 0.1) is 0 Å². The Morgan fingerprint density at radius 2 is 0.569 bits per heavy atom. The third-order valence-electron chi connectivity index (χ3n) is 12.6. The van der Waals surface area contributed by atoms with Crippen LogP contribution in [0.2, 0.25) is 0 Å². The Morgan fingerprint density at radius 1 is 0.338 bits per heavy atom. The van der Waals surface area contributed by atoms with Gasteiger partial charge in [-0.15, -0.1) is 0 Å². The molecule has 0 aliphatic carbocycles. The van der Waals surface area contributed by atoms with Crippen molar-refractivity contribution in [3.63, 3.8) is 0 Å². The molecule has 6 aromatic rings. The van der Waals surface area contributed by atoms with Crippen molar-refractivity contribution < 1.29 is 27.9 Å². The van der Waals surface area contributed by atoms with E-state index in [9.17, 15) is 0 Å². The van der Waals surface area contributed by atoms with Crippen LogP contribution < -0.4 is 5.72 Å². The average molecular weight is 940 g/mol. The number of hydrogen-bond acceptors (Lipinski definition) is 12. The van der Waals surface area contributed by atoms with Gasteiger partial charge in [-0.2, -0.15) is 0 Å². The summed E-state index contributed by atoms with van der Waals surface area (Å²) in [5, 5.41) is 0.